The summed E-state index contributed by atoms with van der Waals surface area (Å²) in [7, 11) is 1.59. The van der Waals surface area contributed by atoms with E-state index in [0.717, 1.165) is 11.3 Å². The lowest BCUT2D eigenvalue weighted by atomic mass is 10.1. The molecule has 1 atom stereocenters. The number of methoxy groups -OCH3 is 1. The number of nitriles is 1. The van der Waals surface area contributed by atoms with Gasteiger partial charge in [-0.1, -0.05) is 25.1 Å². The molecule has 0 aliphatic heterocycles. The first kappa shape index (κ1) is 13.0. The van der Waals surface area contributed by atoms with E-state index >= 15 is 0 Å². The van der Waals surface area contributed by atoms with E-state index in [0.29, 0.717) is 13.0 Å². The lowest BCUT2D eigenvalue weighted by Gasteiger charge is -2.11. The zero-order chi connectivity index (χ0) is 12.7. The van der Waals surface area contributed by atoms with E-state index in [1.807, 2.05) is 37.3 Å². The number of para-hydroxylation sites is 1. The summed E-state index contributed by atoms with van der Waals surface area (Å²) in [6.45, 7) is 2.19. The molecule has 4 heteroatoms. The molecule has 0 bridgehead atoms. The Balaban J connectivity index is 2.62. The Morgan fingerprint density at radius 2 is 2.24 bits per heavy atom. The molecular formula is C13H16N2O2. The van der Waals surface area contributed by atoms with E-state index in [4.69, 9.17) is 10.00 Å². The minimum absolute atomic E-state index is 0.235. The first-order valence-corrected chi connectivity index (χ1v) is 5.52. The zero-order valence-corrected chi connectivity index (χ0v) is 10.1. The smallest absolute Gasteiger partial charge is 0.237 e. The summed E-state index contributed by atoms with van der Waals surface area (Å²) in [6.07, 6.45) is 0.522. The normalized spacial score (nSPS) is 11.4. The quantitative estimate of drug-likeness (QED) is 0.842. The molecule has 0 aliphatic rings. The van der Waals surface area contributed by atoms with E-state index in [2.05, 4.69) is 5.32 Å². The van der Waals surface area contributed by atoms with Gasteiger partial charge in [0, 0.05) is 12.1 Å². The second kappa shape index (κ2) is 6.54. The molecule has 0 heterocycles. The predicted octanol–water partition coefficient (Wildman–Crippen LogP) is 1.86. The predicted molar refractivity (Wildman–Crippen MR) is 64.2 cm³/mol. The van der Waals surface area contributed by atoms with Gasteiger partial charge in [-0.15, -0.1) is 0 Å². The van der Waals surface area contributed by atoms with Crippen LogP contribution in [0.5, 0.6) is 5.75 Å². The molecule has 1 amide bonds. The van der Waals surface area contributed by atoms with Crippen LogP contribution in [0.15, 0.2) is 24.3 Å². The number of carbonyl (C=O) groups excluding carboxylic acids is 1. The van der Waals surface area contributed by atoms with E-state index in [-0.39, 0.29) is 5.91 Å². The molecule has 1 N–H and O–H groups in total. The summed E-state index contributed by atoms with van der Waals surface area (Å²) in [6, 6.07) is 9.44. The van der Waals surface area contributed by atoms with Crippen molar-refractivity contribution in [3.05, 3.63) is 29.8 Å². The van der Waals surface area contributed by atoms with Crippen molar-refractivity contribution in [3.63, 3.8) is 0 Å². The van der Waals surface area contributed by atoms with E-state index < -0.39 is 5.92 Å². The van der Waals surface area contributed by atoms with Crippen molar-refractivity contribution in [2.45, 2.75) is 19.9 Å². The molecule has 0 fully saturated rings. The van der Waals surface area contributed by atoms with Crippen LogP contribution in [0.4, 0.5) is 0 Å². The molecule has 90 valence electrons. The molecule has 0 saturated heterocycles. The summed E-state index contributed by atoms with van der Waals surface area (Å²) >= 11 is 0. The van der Waals surface area contributed by atoms with Gasteiger partial charge in [0.25, 0.3) is 0 Å². The number of hydrogen-bond acceptors (Lipinski definition) is 3. The maximum atomic E-state index is 11.6. The molecule has 0 aromatic heterocycles. The lowest BCUT2D eigenvalue weighted by Crippen LogP contribution is -2.29. The number of ether oxygens (including phenoxy) is 1. The standard InChI is InChI=1S/C13H16N2O2/c1-3-10(8-14)13(16)15-9-11-6-4-5-7-12(11)17-2/h4-7,10H,3,9H2,1-2H3,(H,15,16). The molecule has 0 saturated carbocycles. The number of hydrogen-bond donors (Lipinski definition) is 1. The molecular weight excluding hydrogens is 216 g/mol. The molecule has 0 radical (unpaired) electrons. The van der Waals surface area contributed by atoms with Crippen LogP contribution in [0.25, 0.3) is 0 Å². The van der Waals surface area contributed by atoms with Crippen molar-refractivity contribution in [1.82, 2.24) is 5.32 Å². The van der Waals surface area contributed by atoms with E-state index in [1.165, 1.54) is 0 Å². The Kier molecular flexibility index (Phi) is 5.02. The van der Waals surface area contributed by atoms with Crippen LogP contribution in [0.1, 0.15) is 18.9 Å². The highest BCUT2D eigenvalue weighted by molar-refractivity contribution is 5.80. The summed E-state index contributed by atoms with van der Waals surface area (Å²) in [5, 5.41) is 11.5. The largest absolute Gasteiger partial charge is 0.496 e. The minimum Gasteiger partial charge on any atom is -0.496 e. The van der Waals surface area contributed by atoms with Gasteiger partial charge in [-0.05, 0) is 12.5 Å². The molecule has 1 aromatic carbocycles. The van der Waals surface area contributed by atoms with Gasteiger partial charge in [0.2, 0.25) is 5.91 Å². The number of carbonyl (C=O) groups is 1. The molecule has 1 aromatic rings. The molecule has 1 rings (SSSR count). The Morgan fingerprint density at radius 1 is 1.53 bits per heavy atom. The third-order valence-corrected chi connectivity index (χ3v) is 2.53. The maximum Gasteiger partial charge on any atom is 0.237 e. The van der Waals surface area contributed by atoms with Crippen LogP contribution in [-0.4, -0.2) is 13.0 Å². The Bertz CT molecular complexity index is 424. The molecule has 0 aliphatic carbocycles. The fourth-order valence-electron chi connectivity index (χ4n) is 1.49. The number of benzene rings is 1. The molecule has 1 unspecified atom stereocenters. The van der Waals surface area contributed by atoms with Crippen molar-refractivity contribution < 1.29 is 9.53 Å². The van der Waals surface area contributed by atoms with Crippen LogP contribution in [0, 0.1) is 17.2 Å². The fourth-order valence-corrected chi connectivity index (χ4v) is 1.49. The third kappa shape index (κ3) is 3.49. The monoisotopic (exact) mass is 232 g/mol. The summed E-state index contributed by atoms with van der Waals surface area (Å²) in [5.41, 5.74) is 0.899. The highest BCUT2D eigenvalue weighted by Gasteiger charge is 2.15. The molecule has 0 spiro atoms. The number of nitrogens with zero attached hydrogens (tertiary/aromatic N) is 1. The SMILES string of the molecule is CCC(C#N)C(=O)NCc1ccccc1OC. The number of amides is 1. The van der Waals surface area contributed by atoms with Gasteiger partial charge < -0.3 is 10.1 Å². The van der Waals surface area contributed by atoms with E-state index in [1.54, 1.807) is 7.11 Å². The Labute approximate surface area is 101 Å². The summed E-state index contributed by atoms with van der Waals surface area (Å²) < 4.78 is 5.17. The van der Waals surface area contributed by atoms with Crippen LogP contribution in [0.3, 0.4) is 0 Å². The second-order valence-corrected chi connectivity index (χ2v) is 3.62. The summed E-state index contributed by atoms with van der Waals surface area (Å²) in [4.78, 5) is 11.6. The third-order valence-electron chi connectivity index (χ3n) is 2.53. The van der Waals surface area contributed by atoms with Gasteiger partial charge in [0.1, 0.15) is 11.7 Å². The van der Waals surface area contributed by atoms with Crippen LogP contribution >= 0.6 is 0 Å². The van der Waals surface area contributed by atoms with Crippen molar-refractivity contribution in [3.8, 4) is 11.8 Å². The first-order chi connectivity index (χ1) is 8.22. The van der Waals surface area contributed by atoms with Crippen LogP contribution < -0.4 is 10.1 Å². The first-order valence-electron chi connectivity index (χ1n) is 5.52. The van der Waals surface area contributed by atoms with Crippen molar-refractivity contribution in [2.24, 2.45) is 5.92 Å². The highest BCUT2D eigenvalue weighted by atomic mass is 16.5. The second-order valence-electron chi connectivity index (χ2n) is 3.62. The van der Waals surface area contributed by atoms with Crippen LogP contribution in [0.2, 0.25) is 0 Å². The number of rotatable bonds is 5. The van der Waals surface area contributed by atoms with Crippen molar-refractivity contribution in [1.29, 1.82) is 5.26 Å². The van der Waals surface area contributed by atoms with Gasteiger partial charge in [-0.3, -0.25) is 4.79 Å². The van der Waals surface area contributed by atoms with Gasteiger partial charge in [0.05, 0.1) is 13.2 Å². The van der Waals surface area contributed by atoms with Crippen LogP contribution in [-0.2, 0) is 11.3 Å². The zero-order valence-electron chi connectivity index (χ0n) is 10.1. The van der Waals surface area contributed by atoms with Gasteiger partial charge in [-0.25, -0.2) is 0 Å². The van der Waals surface area contributed by atoms with Crippen molar-refractivity contribution in [2.75, 3.05) is 7.11 Å². The van der Waals surface area contributed by atoms with Gasteiger partial charge >= 0.3 is 0 Å². The average molecular weight is 232 g/mol. The fraction of sp³-hybridized carbons (Fsp3) is 0.385. The molecule has 17 heavy (non-hydrogen) atoms. The highest BCUT2D eigenvalue weighted by Crippen LogP contribution is 2.16. The lowest BCUT2D eigenvalue weighted by molar-refractivity contribution is -0.123. The Morgan fingerprint density at radius 3 is 2.82 bits per heavy atom. The number of nitrogens with one attached hydrogen (secondary N) is 1. The average Bonchev–Trinajstić information content (AvgIpc) is 2.38. The minimum atomic E-state index is -0.579. The molecule has 4 nitrogen and oxygen atoms in total. The van der Waals surface area contributed by atoms with Gasteiger partial charge in [-0.2, -0.15) is 5.26 Å². The Hall–Kier alpha value is -2.02. The van der Waals surface area contributed by atoms with Crippen molar-refractivity contribution >= 4 is 5.91 Å². The maximum absolute atomic E-state index is 11.6. The summed E-state index contributed by atoms with van der Waals surface area (Å²) in [5.74, 6) is -0.0802. The van der Waals surface area contributed by atoms with Gasteiger partial charge in [0.15, 0.2) is 0 Å². The van der Waals surface area contributed by atoms with E-state index in [9.17, 15) is 4.79 Å². The topological polar surface area (TPSA) is 62.1 Å².